The number of benzene rings is 2. The number of amides is 1. The van der Waals surface area contributed by atoms with Crippen molar-refractivity contribution in [2.45, 2.75) is 38.1 Å². The van der Waals surface area contributed by atoms with Gasteiger partial charge in [-0.3, -0.25) is 4.79 Å². The molecular formula is C22H27NO4. The molecule has 5 heteroatoms. The molecule has 0 N–H and O–H groups in total. The first-order valence-corrected chi connectivity index (χ1v) is 9.33. The molecule has 0 saturated carbocycles. The van der Waals surface area contributed by atoms with Crippen LogP contribution in [0.4, 0.5) is 0 Å². The van der Waals surface area contributed by atoms with Gasteiger partial charge in [-0.15, -0.1) is 0 Å². The maximum absolute atomic E-state index is 12.6. The number of likely N-dealkylation sites (tertiary alicyclic amines) is 1. The number of rotatable bonds is 9. The molecule has 0 radical (unpaired) electrons. The molecule has 0 unspecified atom stereocenters. The summed E-state index contributed by atoms with van der Waals surface area (Å²) in [6, 6.07) is 19.9. The summed E-state index contributed by atoms with van der Waals surface area (Å²) in [6.45, 7) is 1.72. The highest BCUT2D eigenvalue weighted by atomic mass is 16.7. The Balaban J connectivity index is 1.69. The smallest absolute Gasteiger partial charge is 0.223 e. The number of nitrogens with zero attached hydrogens (tertiary/aromatic N) is 1. The Morgan fingerprint density at radius 1 is 1.00 bits per heavy atom. The summed E-state index contributed by atoms with van der Waals surface area (Å²) in [5.74, 6) is 0.143. The predicted octanol–water partition coefficient (Wildman–Crippen LogP) is 3.38. The third-order valence-electron chi connectivity index (χ3n) is 4.79. The molecule has 2 aromatic rings. The predicted molar refractivity (Wildman–Crippen MR) is 103 cm³/mol. The van der Waals surface area contributed by atoms with Crippen LogP contribution in [0.1, 0.15) is 24.0 Å². The first kappa shape index (κ1) is 19.5. The van der Waals surface area contributed by atoms with E-state index in [1.165, 1.54) is 0 Å². The lowest BCUT2D eigenvalue weighted by Gasteiger charge is -2.40. The van der Waals surface area contributed by atoms with Crippen LogP contribution < -0.4 is 0 Å². The van der Waals surface area contributed by atoms with Crippen LogP contribution in [0.15, 0.2) is 60.7 Å². The number of carbonyl (C=O) groups is 1. The molecule has 1 amide bonds. The lowest BCUT2D eigenvalue weighted by Crippen LogP contribution is -2.54. The zero-order valence-corrected chi connectivity index (χ0v) is 15.8. The van der Waals surface area contributed by atoms with Gasteiger partial charge >= 0.3 is 0 Å². The molecule has 1 heterocycles. The van der Waals surface area contributed by atoms with Crippen molar-refractivity contribution in [1.29, 1.82) is 0 Å². The largest absolute Gasteiger partial charge is 0.375 e. The second kappa shape index (κ2) is 10.2. The summed E-state index contributed by atoms with van der Waals surface area (Å²) in [6.07, 6.45) is 1.07. The van der Waals surface area contributed by atoms with Crippen LogP contribution in [0.25, 0.3) is 0 Å². The van der Waals surface area contributed by atoms with Crippen molar-refractivity contribution >= 4 is 5.91 Å². The third kappa shape index (κ3) is 5.63. The highest BCUT2D eigenvalue weighted by Gasteiger charge is 2.36. The summed E-state index contributed by atoms with van der Waals surface area (Å²) >= 11 is 0. The first-order chi connectivity index (χ1) is 13.3. The van der Waals surface area contributed by atoms with Crippen molar-refractivity contribution in [2.75, 3.05) is 20.5 Å². The van der Waals surface area contributed by atoms with Crippen LogP contribution in [0.2, 0.25) is 0 Å². The Labute approximate surface area is 160 Å². The fourth-order valence-electron chi connectivity index (χ4n) is 3.39. The van der Waals surface area contributed by atoms with E-state index in [2.05, 4.69) is 0 Å². The van der Waals surface area contributed by atoms with Gasteiger partial charge in [-0.25, -0.2) is 0 Å². The zero-order chi connectivity index (χ0) is 18.9. The van der Waals surface area contributed by atoms with E-state index in [9.17, 15) is 4.79 Å². The number of carbonyl (C=O) groups excluding carboxylic acids is 1. The highest BCUT2D eigenvalue weighted by molar-refractivity contribution is 5.77. The zero-order valence-electron chi connectivity index (χ0n) is 15.8. The van der Waals surface area contributed by atoms with Crippen LogP contribution in [-0.2, 0) is 32.2 Å². The quantitative estimate of drug-likeness (QED) is 0.636. The van der Waals surface area contributed by atoms with Gasteiger partial charge < -0.3 is 19.1 Å². The molecule has 2 atom stereocenters. The molecule has 1 aliphatic rings. The Bertz CT molecular complexity index is 692. The normalized spacial score (nSPS) is 20.0. The molecule has 3 rings (SSSR count). The Hall–Kier alpha value is -2.21. The van der Waals surface area contributed by atoms with E-state index in [4.69, 9.17) is 14.2 Å². The molecule has 0 aliphatic carbocycles. The van der Waals surface area contributed by atoms with Gasteiger partial charge in [0, 0.05) is 20.1 Å². The fraction of sp³-hybridized carbons (Fsp3) is 0.409. The molecule has 2 aromatic carbocycles. The van der Waals surface area contributed by atoms with E-state index in [-0.39, 0.29) is 24.8 Å². The van der Waals surface area contributed by atoms with Gasteiger partial charge in [-0.2, -0.15) is 0 Å². The standard InChI is InChI=1S/C22H27NO4/c1-25-17-27-21-12-13-22(24)23(14-18-8-4-2-5-9-18)20(21)16-26-15-19-10-6-3-7-11-19/h2-11,20-21H,12-17H2,1H3/t20-,21-/m0/s1. The van der Waals surface area contributed by atoms with Gasteiger partial charge in [0.2, 0.25) is 5.91 Å². The van der Waals surface area contributed by atoms with Crippen molar-refractivity contribution in [3.8, 4) is 0 Å². The number of methoxy groups -OCH3 is 1. The van der Waals surface area contributed by atoms with E-state index < -0.39 is 0 Å². The number of hydrogen-bond donors (Lipinski definition) is 0. The van der Waals surface area contributed by atoms with Crippen molar-refractivity contribution < 1.29 is 19.0 Å². The molecule has 1 aliphatic heterocycles. The van der Waals surface area contributed by atoms with Crippen LogP contribution in [0, 0.1) is 0 Å². The molecule has 0 spiro atoms. The van der Waals surface area contributed by atoms with Gasteiger partial charge in [0.15, 0.2) is 0 Å². The van der Waals surface area contributed by atoms with E-state index in [1.807, 2.05) is 65.6 Å². The molecule has 5 nitrogen and oxygen atoms in total. The minimum absolute atomic E-state index is 0.0952. The van der Waals surface area contributed by atoms with Crippen LogP contribution in [0.5, 0.6) is 0 Å². The SMILES string of the molecule is COCO[C@H]1CCC(=O)N(Cc2ccccc2)[C@H]1COCc1ccccc1. The second-order valence-electron chi connectivity index (χ2n) is 6.73. The summed E-state index contributed by atoms with van der Waals surface area (Å²) < 4.78 is 16.9. The van der Waals surface area contributed by atoms with Gasteiger partial charge in [-0.05, 0) is 17.5 Å². The minimum atomic E-state index is -0.134. The van der Waals surface area contributed by atoms with Gasteiger partial charge in [0.05, 0.1) is 25.4 Å². The molecule has 0 bridgehead atoms. The van der Waals surface area contributed by atoms with Gasteiger partial charge in [-0.1, -0.05) is 60.7 Å². The Morgan fingerprint density at radius 2 is 1.67 bits per heavy atom. The maximum Gasteiger partial charge on any atom is 0.223 e. The second-order valence-corrected chi connectivity index (χ2v) is 6.73. The monoisotopic (exact) mass is 369 g/mol. The fourth-order valence-corrected chi connectivity index (χ4v) is 3.39. The summed E-state index contributed by atoms with van der Waals surface area (Å²) in [5.41, 5.74) is 2.22. The number of hydrogen-bond acceptors (Lipinski definition) is 4. The summed E-state index contributed by atoms with van der Waals surface area (Å²) in [7, 11) is 1.61. The summed E-state index contributed by atoms with van der Waals surface area (Å²) in [4.78, 5) is 14.5. The van der Waals surface area contributed by atoms with Crippen molar-refractivity contribution in [1.82, 2.24) is 4.90 Å². The van der Waals surface area contributed by atoms with Crippen LogP contribution in [0.3, 0.4) is 0 Å². The van der Waals surface area contributed by atoms with Gasteiger partial charge in [0.25, 0.3) is 0 Å². The average Bonchev–Trinajstić information content (AvgIpc) is 2.71. The maximum atomic E-state index is 12.6. The van der Waals surface area contributed by atoms with Crippen molar-refractivity contribution in [2.24, 2.45) is 0 Å². The van der Waals surface area contributed by atoms with Crippen LogP contribution in [-0.4, -0.2) is 43.5 Å². The average molecular weight is 369 g/mol. The molecule has 144 valence electrons. The molecule has 27 heavy (non-hydrogen) atoms. The Morgan fingerprint density at radius 3 is 2.33 bits per heavy atom. The molecule has 0 aromatic heterocycles. The molecule has 1 saturated heterocycles. The van der Waals surface area contributed by atoms with Crippen molar-refractivity contribution in [3.05, 3.63) is 71.8 Å². The lowest BCUT2D eigenvalue weighted by molar-refractivity contribution is -0.160. The van der Waals surface area contributed by atoms with Gasteiger partial charge in [0.1, 0.15) is 6.79 Å². The van der Waals surface area contributed by atoms with E-state index in [1.54, 1.807) is 7.11 Å². The van der Waals surface area contributed by atoms with E-state index in [0.29, 0.717) is 32.6 Å². The molecular weight excluding hydrogens is 342 g/mol. The summed E-state index contributed by atoms with van der Waals surface area (Å²) in [5, 5.41) is 0. The number of ether oxygens (including phenoxy) is 3. The van der Waals surface area contributed by atoms with Crippen LogP contribution >= 0.6 is 0 Å². The number of piperidine rings is 1. The minimum Gasteiger partial charge on any atom is -0.375 e. The Kier molecular flexibility index (Phi) is 7.39. The van der Waals surface area contributed by atoms with E-state index in [0.717, 1.165) is 11.1 Å². The first-order valence-electron chi connectivity index (χ1n) is 9.33. The third-order valence-corrected chi connectivity index (χ3v) is 4.79. The topological polar surface area (TPSA) is 48.0 Å². The van der Waals surface area contributed by atoms with Crippen molar-refractivity contribution in [3.63, 3.8) is 0 Å². The molecule has 1 fully saturated rings. The highest BCUT2D eigenvalue weighted by Crippen LogP contribution is 2.24. The van der Waals surface area contributed by atoms with E-state index >= 15 is 0 Å². The lowest BCUT2D eigenvalue weighted by atomic mass is 9.97.